The van der Waals surface area contributed by atoms with E-state index in [1.54, 1.807) is 24.3 Å². The zero-order valence-corrected chi connectivity index (χ0v) is 24.4. The van der Waals surface area contributed by atoms with Crippen molar-refractivity contribution < 1.29 is 23.9 Å². The third-order valence-corrected chi connectivity index (χ3v) is 7.31. The molecule has 220 valence electrons. The summed E-state index contributed by atoms with van der Waals surface area (Å²) >= 11 is 0. The lowest BCUT2D eigenvalue weighted by Gasteiger charge is -2.28. The van der Waals surface area contributed by atoms with Crippen LogP contribution in [0.2, 0.25) is 0 Å². The molecule has 0 unspecified atom stereocenters. The molecule has 0 bridgehead atoms. The largest absolute Gasteiger partial charge is 0.491 e. The van der Waals surface area contributed by atoms with Gasteiger partial charge in [-0.15, -0.1) is 5.10 Å². The number of hydrogen-bond acceptors (Lipinski definition) is 7. The van der Waals surface area contributed by atoms with Gasteiger partial charge in [-0.3, -0.25) is 0 Å². The van der Waals surface area contributed by atoms with E-state index in [4.69, 9.17) is 14.3 Å². The number of para-hydroxylation sites is 1. The predicted molar refractivity (Wildman–Crippen MR) is 160 cm³/mol. The fourth-order valence-corrected chi connectivity index (χ4v) is 5.25. The van der Waals surface area contributed by atoms with E-state index >= 15 is 0 Å². The molecule has 0 spiro atoms. The number of carbonyl (C=O) groups excluding carboxylic acids is 2. The van der Waals surface area contributed by atoms with Crippen LogP contribution in [0.4, 0.5) is 4.79 Å². The van der Waals surface area contributed by atoms with Gasteiger partial charge in [-0.25, -0.2) is 9.59 Å². The minimum Gasteiger partial charge on any atom is -0.491 e. The SMILES string of the molecule is CC(C)(C)OC(=O)N[C@H](COc1ccc(-c2ccc(C(=O)On3nnc4ccccc43)cc2)cc1)CC1CCCCC1. The van der Waals surface area contributed by atoms with Crippen molar-refractivity contribution in [2.45, 2.75) is 70.9 Å². The molecule has 4 aromatic rings. The molecule has 1 saturated carbocycles. The Morgan fingerprint density at radius 1 is 0.929 bits per heavy atom. The van der Waals surface area contributed by atoms with Crippen LogP contribution in [0, 0.1) is 5.92 Å². The van der Waals surface area contributed by atoms with Gasteiger partial charge in [0.2, 0.25) is 0 Å². The van der Waals surface area contributed by atoms with Crippen LogP contribution in [0.1, 0.15) is 69.7 Å². The van der Waals surface area contributed by atoms with Crippen molar-refractivity contribution in [1.29, 1.82) is 0 Å². The van der Waals surface area contributed by atoms with Gasteiger partial charge in [-0.1, -0.05) is 73.3 Å². The second kappa shape index (κ2) is 13.1. The molecular formula is C33H38N4O5. The lowest BCUT2D eigenvalue weighted by molar-refractivity contribution is 0.0407. The monoisotopic (exact) mass is 570 g/mol. The van der Waals surface area contributed by atoms with Gasteiger partial charge in [0.05, 0.1) is 11.6 Å². The number of aromatic nitrogens is 3. The summed E-state index contributed by atoms with van der Waals surface area (Å²) < 4.78 is 11.6. The van der Waals surface area contributed by atoms with E-state index in [0.717, 1.165) is 28.1 Å². The molecule has 0 saturated heterocycles. The highest BCUT2D eigenvalue weighted by Crippen LogP contribution is 2.28. The average molecular weight is 571 g/mol. The number of benzene rings is 3. The third kappa shape index (κ3) is 7.87. The molecule has 1 atom stereocenters. The Balaban J connectivity index is 1.18. The number of hydrogen-bond donors (Lipinski definition) is 1. The van der Waals surface area contributed by atoms with Gasteiger partial charge in [0.25, 0.3) is 0 Å². The van der Waals surface area contributed by atoms with Gasteiger partial charge in [-0.05, 0) is 85.8 Å². The summed E-state index contributed by atoms with van der Waals surface area (Å²) in [5, 5.41) is 10.9. The molecule has 5 rings (SSSR count). The number of ether oxygens (including phenoxy) is 2. The first kappa shape index (κ1) is 29.1. The zero-order valence-electron chi connectivity index (χ0n) is 24.4. The van der Waals surface area contributed by atoms with E-state index in [-0.39, 0.29) is 6.04 Å². The Bertz CT molecular complexity index is 1490. The molecule has 1 aliphatic carbocycles. The summed E-state index contributed by atoms with van der Waals surface area (Å²) in [4.78, 5) is 31.7. The molecule has 0 radical (unpaired) electrons. The maximum atomic E-state index is 12.7. The highest BCUT2D eigenvalue weighted by molar-refractivity contribution is 5.90. The Hall–Kier alpha value is -4.40. The summed E-state index contributed by atoms with van der Waals surface area (Å²) in [7, 11) is 0. The predicted octanol–water partition coefficient (Wildman–Crippen LogP) is 6.61. The minimum absolute atomic E-state index is 0.134. The van der Waals surface area contributed by atoms with Crippen molar-refractivity contribution in [3.8, 4) is 16.9 Å². The maximum Gasteiger partial charge on any atom is 0.407 e. The van der Waals surface area contributed by atoms with Crippen molar-refractivity contribution >= 4 is 23.1 Å². The molecule has 1 amide bonds. The van der Waals surface area contributed by atoms with Crippen LogP contribution in [-0.2, 0) is 4.74 Å². The first-order valence-electron chi connectivity index (χ1n) is 14.6. The van der Waals surface area contributed by atoms with Crippen molar-refractivity contribution in [3.63, 3.8) is 0 Å². The quantitative estimate of drug-likeness (QED) is 0.226. The molecule has 1 aromatic heterocycles. The van der Waals surface area contributed by atoms with Gasteiger partial charge in [0, 0.05) is 0 Å². The molecule has 0 aliphatic heterocycles. The molecule has 42 heavy (non-hydrogen) atoms. The van der Waals surface area contributed by atoms with Crippen LogP contribution in [0.15, 0.2) is 72.8 Å². The molecule has 1 N–H and O–H groups in total. The van der Waals surface area contributed by atoms with E-state index in [0.29, 0.717) is 29.1 Å². The van der Waals surface area contributed by atoms with Gasteiger partial charge >= 0.3 is 12.1 Å². The third-order valence-electron chi connectivity index (χ3n) is 7.31. The van der Waals surface area contributed by atoms with E-state index in [2.05, 4.69) is 15.6 Å². The highest BCUT2D eigenvalue weighted by Gasteiger charge is 2.24. The average Bonchev–Trinajstić information content (AvgIpc) is 3.38. The number of carbonyl (C=O) groups is 2. The van der Waals surface area contributed by atoms with Crippen molar-refractivity contribution in [2.24, 2.45) is 5.92 Å². The molecule has 3 aromatic carbocycles. The molecule has 9 nitrogen and oxygen atoms in total. The lowest BCUT2D eigenvalue weighted by Crippen LogP contribution is -2.43. The van der Waals surface area contributed by atoms with Gasteiger partial charge in [-0.2, -0.15) is 0 Å². The number of nitrogens with zero attached hydrogens (tertiary/aromatic N) is 3. The van der Waals surface area contributed by atoms with Crippen LogP contribution >= 0.6 is 0 Å². The van der Waals surface area contributed by atoms with E-state index in [1.165, 1.54) is 32.1 Å². The molecule has 9 heteroatoms. The number of nitrogens with one attached hydrogen (secondary N) is 1. The number of fused-ring (bicyclic) bond motifs is 1. The smallest absolute Gasteiger partial charge is 0.407 e. The van der Waals surface area contributed by atoms with Crippen molar-refractivity contribution in [3.05, 3.63) is 78.4 Å². The Morgan fingerprint density at radius 3 is 2.29 bits per heavy atom. The van der Waals surface area contributed by atoms with E-state index < -0.39 is 17.7 Å². The lowest BCUT2D eigenvalue weighted by atomic mass is 9.85. The summed E-state index contributed by atoms with van der Waals surface area (Å²) in [6.07, 6.45) is 6.62. The topological polar surface area (TPSA) is 105 Å². The van der Waals surface area contributed by atoms with Crippen molar-refractivity contribution in [2.75, 3.05) is 6.61 Å². The van der Waals surface area contributed by atoms with Crippen LogP contribution in [0.3, 0.4) is 0 Å². The van der Waals surface area contributed by atoms with Gasteiger partial charge < -0.3 is 19.6 Å². The zero-order chi connectivity index (χ0) is 29.5. The van der Waals surface area contributed by atoms with E-state index in [1.807, 2.05) is 69.3 Å². The standard InChI is InChI=1S/C33H38N4O5/c1-33(2,3)41-32(39)34-27(21-23-9-5-4-6-10-23)22-40-28-19-17-25(18-20-28)24-13-15-26(16-14-24)31(38)42-37-30-12-8-7-11-29(30)35-36-37/h7-8,11-20,23,27H,4-6,9-10,21-22H2,1-3H3,(H,34,39)/t27-/m0/s1. The molecule has 1 heterocycles. The first-order chi connectivity index (χ1) is 20.2. The fourth-order valence-electron chi connectivity index (χ4n) is 5.25. The summed E-state index contributed by atoms with van der Waals surface area (Å²) in [5.74, 6) is 0.780. The van der Waals surface area contributed by atoms with Crippen LogP contribution in [0.5, 0.6) is 5.75 Å². The second-order valence-electron chi connectivity index (χ2n) is 11.8. The van der Waals surface area contributed by atoms with Crippen LogP contribution in [-0.4, -0.2) is 45.5 Å². The Morgan fingerprint density at radius 2 is 1.60 bits per heavy atom. The maximum absolute atomic E-state index is 12.7. The Kier molecular flexibility index (Phi) is 9.05. The molecule has 1 aliphatic rings. The van der Waals surface area contributed by atoms with Crippen LogP contribution in [0.25, 0.3) is 22.2 Å². The molecular weight excluding hydrogens is 532 g/mol. The number of rotatable bonds is 9. The summed E-state index contributed by atoms with van der Waals surface area (Å²) in [6.45, 7) is 5.95. The Labute approximate surface area is 246 Å². The molecule has 1 fully saturated rings. The minimum atomic E-state index is -0.555. The summed E-state index contributed by atoms with van der Waals surface area (Å²) in [5.41, 5.74) is 3.04. The van der Waals surface area contributed by atoms with Gasteiger partial charge in [0.1, 0.15) is 29.0 Å². The highest BCUT2D eigenvalue weighted by atomic mass is 16.7. The fraction of sp³-hybridized carbons (Fsp3) is 0.394. The van der Waals surface area contributed by atoms with E-state index in [9.17, 15) is 9.59 Å². The van der Waals surface area contributed by atoms with Crippen LogP contribution < -0.4 is 14.9 Å². The normalized spacial score (nSPS) is 14.7. The first-order valence-corrected chi connectivity index (χ1v) is 14.6. The van der Waals surface area contributed by atoms with Crippen molar-refractivity contribution in [1.82, 2.24) is 20.5 Å². The van der Waals surface area contributed by atoms with Gasteiger partial charge in [0.15, 0.2) is 0 Å². The number of amides is 1. The second-order valence-corrected chi connectivity index (χ2v) is 11.8. The summed E-state index contributed by atoms with van der Waals surface area (Å²) in [6, 6.07) is 22.1. The number of alkyl carbamates (subject to hydrolysis) is 1.